The Morgan fingerprint density at radius 1 is 1.29 bits per heavy atom. The Labute approximate surface area is 125 Å². The summed E-state index contributed by atoms with van der Waals surface area (Å²) in [6.45, 7) is 2.76. The summed E-state index contributed by atoms with van der Waals surface area (Å²) in [5, 5.41) is 0. The van der Waals surface area contributed by atoms with Gasteiger partial charge < -0.3 is 10.5 Å². The maximum absolute atomic E-state index is 13.7. The van der Waals surface area contributed by atoms with E-state index in [4.69, 9.17) is 5.73 Å². The van der Waals surface area contributed by atoms with Crippen LogP contribution in [0, 0.1) is 11.2 Å². The lowest BCUT2D eigenvalue weighted by molar-refractivity contribution is -0.152. The third-order valence-electron chi connectivity index (χ3n) is 3.15. The lowest BCUT2D eigenvalue weighted by Gasteiger charge is -2.29. The first kappa shape index (κ1) is 19.7. The minimum atomic E-state index is -4.61. The Kier molecular flexibility index (Phi) is 6.19. The minimum absolute atomic E-state index is 0. The van der Waals surface area contributed by atoms with Gasteiger partial charge in [0.25, 0.3) is 0 Å². The van der Waals surface area contributed by atoms with Crippen LogP contribution < -0.4 is 5.73 Å². The number of carbonyl (C=O) groups excluding carboxylic acids is 1. The second kappa shape index (κ2) is 6.62. The Hall–Kier alpha value is -1.34. The quantitative estimate of drug-likeness (QED) is 0.682. The highest BCUT2D eigenvalue weighted by atomic mass is 35.5. The van der Waals surface area contributed by atoms with Gasteiger partial charge >= 0.3 is 12.1 Å². The van der Waals surface area contributed by atoms with Crippen LogP contribution >= 0.6 is 12.4 Å². The molecule has 0 aliphatic rings. The summed E-state index contributed by atoms with van der Waals surface area (Å²) in [7, 11) is 1.12. The Bertz CT molecular complexity index is 517. The molecule has 1 rings (SSSR count). The third kappa shape index (κ3) is 4.07. The fourth-order valence-electron chi connectivity index (χ4n) is 1.74. The Morgan fingerprint density at radius 2 is 1.81 bits per heavy atom. The normalized spacial score (nSPS) is 13.3. The van der Waals surface area contributed by atoms with Gasteiger partial charge in [-0.15, -0.1) is 12.4 Å². The summed E-state index contributed by atoms with van der Waals surface area (Å²) in [4.78, 5) is 11.6. The van der Waals surface area contributed by atoms with Gasteiger partial charge in [0.1, 0.15) is 5.82 Å². The monoisotopic (exact) mass is 329 g/mol. The van der Waals surface area contributed by atoms with E-state index in [0.717, 1.165) is 7.11 Å². The summed E-state index contributed by atoms with van der Waals surface area (Å²) < 4.78 is 56.1. The smallest absolute Gasteiger partial charge is 0.416 e. The fraction of sp³-hybridized carbons (Fsp3) is 0.462. The molecule has 0 heterocycles. The molecule has 2 N–H and O–H groups in total. The minimum Gasteiger partial charge on any atom is -0.469 e. The van der Waals surface area contributed by atoms with E-state index in [-0.39, 0.29) is 18.0 Å². The van der Waals surface area contributed by atoms with Crippen LogP contribution in [0.4, 0.5) is 17.6 Å². The maximum atomic E-state index is 13.7. The second-order valence-electron chi connectivity index (χ2n) is 4.92. The molecule has 1 aromatic rings. The number of hydrogen-bond acceptors (Lipinski definition) is 3. The van der Waals surface area contributed by atoms with Crippen LogP contribution in [0.15, 0.2) is 18.2 Å². The first-order chi connectivity index (χ1) is 9.01. The van der Waals surface area contributed by atoms with Gasteiger partial charge in [0.2, 0.25) is 0 Å². The highest BCUT2D eigenvalue weighted by molar-refractivity contribution is 5.85. The largest absolute Gasteiger partial charge is 0.469 e. The molecule has 0 radical (unpaired) electrons. The van der Waals surface area contributed by atoms with Gasteiger partial charge in [-0.1, -0.05) is 0 Å². The predicted octanol–water partition coefficient (Wildman–Crippen LogP) is 3.47. The van der Waals surface area contributed by atoms with E-state index in [0.29, 0.717) is 18.2 Å². The van der Waals surface area contributed by atoms with E-state index in [1.54, 1.807) is 0 Å². The highest BCUT2D eigenvalue weighted by Gasteiger charge is 2.39. The number of esters is 1. The van der Waals surface area contributed by atoms with Crippen LogP contribution in [0.2, 0.25) is 0 Å². The van der Waals surface area contributed by atoms with Crippen molar-refractivity contribution in [3.63, 3.8) is 0 Å². The molecule has 1 aromatic carbocycles. The number of benzene rings is 1. The van der Waals surface area contributed by atoms with Crippen molar-refractivity contribution in [1.82, 2.24) is 0 Å². The number of hydrogen-bond donors (Lipinski definition) is 1. The molecule has 0 saturated heterocycles. The molecule has 120 valence electrons. The molecule has 0 bridgehead atoms. The number of rotatable bonds is 3. The van der Waals surface area contributed by atoms with Crippen molar-refractivity contribution in [2.24, 2.45) is 11.1 Å². The molecule has 0 fully saturated rings. The summed E-state index contributed by atoms with van der Waals surface area (Å²) >= 11 is 0. The molecule has 0 aromatic heterocycles. The van der Waals surface area contributed by atoms with E-state index in [1.807, 2.05) is 0 Å². The molecular weight excluding hydrogens is 314 g/mol. The first-order valence-corrected chi connectivity index (χ1v) is 5.72. The predicted molar refractivity (Wildman–Crippen MR) is 71.4 cm³/mol. The SMILES string of the molecule is COC(=O)C(C)(C)[C@H](N)c1cc(C(F)(F)F)ccc1F.Cl. The van der Waals surface area contributed by atoms with Crippen molar-refractivity contribution in [3.05, 3.63) is 35.1 Å². The maximum Gasteiger partial charge on any atom is 0.416 e. The standard InChI is InChI=1S/C13H15F4NO2.ClH/c1-12(2,11(19)20-3)10(18)8-6-7(13(15,16)17)4-5-9(8)14;/h4-6,10H,18H2,1-3H3;1H/t10-;/m1./s1. The number of alkyl halides is 3. The van der Waals surface area contributed by atoms with E-state index in [1.165, 1.54) is 13.8 Å². The number of nitrogens with two attached hydrogens (primary N) is 1. The van der Waals surface area contributed by atoms with Crippen molar-refractivity contribution in [2.75, 3.05) is 7.11 Å². The molecular formula is C13H16ClF4NO2. The average Bonchev–Trinajstić information content (AvgIpc) is 2.35. The average molecular weight is 330 g/mol. The molecule has 0 aliphatic carbocycles. The summed E-state index contributed by atoms with van der Waals surface area (Å²) in [5.41, 5.74) is 2.99. The van der Waals surface area contributed by atoms with Crippen molar-refractivity contribution in [2.45, 2.75) is 26.1 Å². The zero-order valence-electron chi connectivity index (χ0n) is 11.6. The van der Waals surface area contributed by atoms with Gasteiger partial charge in [0.15, 0.2) is 0 Å². The van der Waals surface area contributed by atoms with E-state index >= 15 is 0 Å². The zero-order chi connectivity index (χ0) is 15.7. The number of carbonyl (C=O) groups is 1. The zero-order valence-corrected chi connectivity index (χ0v) is 12.4. The third-order valence-corrected chi connectivity index (χ3v) is 3.15. The molecule has 8 heteroatoms. The van der Waals surface area contributed by atoms with Gasteiger partial charge in [-0.05, 0) is 32.0 Å². The summed E-state index contributed by atoms with van der Waals surface area (Å²) in [5.74, 6) is -1.63. The van der Waals surface area contributed by atoms with Gasteiger partial charge in [-0.25, -0.2) is 4.39 Å². The molecule has 0 aliphatic heterocycles. The molecule has 0 saturated carbocycles. The first-order valence-electron chi connectivity index (χ1n) is 5.72. The Morgan fingerprint density at radius 3 is 2.24 bits per heavy atom. The highest BCUT2D eigenvalue weighted by Crippen LogP contribution is 2.37. The van der Waals surface area contributed by atoms with Crippen LogP contribution in [0.5, 0.6) is 0 Å². The van der Waals surface area contributed by atoms with Gasteiger partial charge in [-0.3, -0.25) is 4.79 Å². The molecule has 0 unspecified atom stereocenters. The molecule has 0 amide bonds. The summed E-state index contributed by atoms with van der Waals surface area (Å²) in [6, 6.07) is 0.657. The number of halogens is 5. The number of methoxy groups -OCH3 is 1. The Balaban J connectivity index is 0.00000400. The van der Waals surface area contributed by atoms with Gasteiger partial charge in [0, 0.05) is 11.6 Å². The van der Waals surface area contributed by atoms with Gasteiger partial charge in [0.05, 0.1) is 18.1 Å². The van der Waals surface area contributed by atoms with Crippen LogP contribution in [0.3, 0.4) is 0 Å². The summed E-state index contributed by atoms with van der Waals surface area (Å²) in [6.07, 6.45) is -4.61. The fourth-order valence-corrected chi connectivity index (χ4v) is 1.74. The molecule has 3 nitrogen and oxygen atoms in total. The topological polar surface area (TPSA) is 52.3 Å². The van der Waals surface area contributed by atoms with E-state index in [9.17, 15) is 22.4 Å². The van der Waals surface area contributed by atoms with Crippen molar-refractivity contribution in [1.29, 1.82) is 0 Å². The van der Waals surface area contributed by atoms with Gasteiger partial charge in [-0.2, -0.15) is 13.2 Å². The second-order valence-corrected chi connectivity index (χ2v) is 4.92. The van der Waals surface area contributed by atoms with Crippen molar-refractivity contribution >= 4 is 18.4 Å². The van der Waals surface area contributed by atoms with E-state index < -0.39 is 35.0 Å². The molecule has 1 atom stereocenters. The van der Waals surface area contributed by atoms with Crippen molar-refractivity contribution in [3.8, 4) is 0 Å². The van der Waals surface area contributed by atoms with Crippen LogP contribution in [-0.2, 0) is 15.7 Å². The molecule has 0 spiro atoms. The van der Waals surface area contributed by atoms with E-state index in [2.05, 4.69) is 4.74 Å². The van der Waals surface area contributed by atoms with Crippen LogP contribution in [-0.4, -0.2) is 13.1 Å². The lowest BCUT2D eigenvalue weighted by atomic mass is 9.80. The molecule has 21 heavy (non-hydrogen) atoms. The number of ether oxygens (including phenoxy) is 1. The van der Waals surface area contributed by atoms with Crippen LogP contribution in [0.1, 0.15) is 31.0 Å². The lowest BCUT2D eigenvalue weighted by Crippen LogP contribution is -2.38. The van der Waals surface area contributed by atoms with Crippen LogP contribution in [0.25, 0.3) is 0 Å². The van der Waals surface area contributed by atoms with Crippen molar-refractivity contribution < 1.29 is 27.1 Å².